The molecular weight excluding hydrogens is 504 g/mol. The molecule has 0 unspecified atom stereocenters. The van der Waals surface area contributed by atoms with E-state index in [0.29, 0.717) is 34.4 Å². The van der Waals surface area contributed by atoms with Gasteiger partial charge in [-0.3, -0.25) is 0 Å². The third kappa shape index (κ3) is 6.31. The number of hydrogen-bond acceptors (Lipinski definition) is 5. The number of hydrogen-bond donors (Lipinski definition) is 3. The third-order valence-electron chi connectivity index (χ3n) is 6.40. The summed E-state index contributed by atoms with van der Waals surface area (Å²) in [6.07, 6.45) is -5.00. The quantitative estimate of drug-likeness (QED) is 0.299. The van der Waals surface area contributed by atoms with Crippen molar-refractivity contribution in [2.75, 3.05) is 44.4 Å². The van der Waals surface area contributed by atoms with Gasteiger partial charge in [-0.25, -0.2) is 9.18 Å². The Morgan fingerprint density at radius 2 is 2.00 bits per heavy atom. The van der Waals surface area contributed by atoms with Crippen LogP contribution >= 0.6 is 0 Å². The fraction of sp³-hybridized carbons (Fsp3) is 0.370. The van der Waals surface area contributed by atoms with Crippen molar-refractivity contribution in [2.24, 2.45) is 0 Å². The van der Waals surface area contributed by atoms with Crippen LogP contribution in [0, 0.1) is 11.8 Å². The molecule has 3 aromatic rings. The van der Waals surface area contributed by atoms with Gasteiger partial charge in [0, 0.05) is 24.2 Å². The second kappa shape index (κ2) is 11.2. The van der Waals surface area contributed by atoms with Gasteiger partial charge in [-0.05, 0) is 55.8 Å². The Bertz CT molecular complexity index is 1380. The van der Waals surface area contributed by atoms with Crippen molar-refractivity contribution in [2.45, 2.75) is 31.4 Å². The van der Waals surface area contributed by atoms with Gasteiger partial charge in [0.2, 0.25) is 0 Å². The number of benzene rings is 2. The zero-order chi connectivity index (χ0) is 27.4. The van der Waals surface area contributed by atoms with Gasteiger partial charge in [-0.15, -0.1) is 0 Å². The van der Waals surface area contributed by atoms with Crippen LogP contribution in [0.15, 0.2) is 42.5 Å². The largest absolute Gasteiger partial charge is 0.495 e. The number of aromatic nitrogens is 1. The van der Waals surface area contributed by atoms with Crippen LogP contribution in [-0.2, 0) is 6.54 Å². The summed E-state index contributed by atoms with van der Waals surface area (Å²) in [4.78, 5) is 13.1. The number of nitrogens with one attached hydrogen (secondary N) is 2. The molecular formula is C27H28F4N4O3. The lowest BCUT2D eigenvalue weighted by Crippen LogP contribution is -2.46. The number of piperidine rings is 1. The van der Waals surface area contributed by atoms with E-state index in [1.54, 1.807) is 24.3 Å². The minimum Gasteiger partial charge on any atom is -0.495 e. The number of alkyl halides is 4. The van der Waals surface area contributed by atoms with Crippen LogP contribution in [0.1, 0.15) is 22.5 Å². The van der Waals surface area contributed by atoms with Crippen molar-refractivity contribution < 1.29 is 32.2 Å². The van der Waals surface area contributed by atoms with Crippen molar-refractivity contribution in [1.82, 2.24) is 9.47 Å². The van der Waals surface area contributed by atoms with Crippen LogP contribution < -0.4 is 15.4 Å². The second-order valence-corrected chi connectivity index (χ2v) is 9.16. The van der Waals surface area contributed by atoms with Gasteiger partial charge in [0.05, 0.1) is 42.2 Å². The van der Waals surface area contributed by atoms with E-state index in [2.05, 4.69) is 22.5 Å². The van der Waals surface area contributed by atoms with Crippen molar-refractivity contribution in [3.63, 3.8) is 0 Å². The standard InChI is InChI=1S/C27H28F4N4O3/c1-34-12-10-22(20(28)15-34)33-21-6-3-7-24-19(21)14-18(35(24)16-27(29,30)31)5-4-11-32-23-9-8-17(26(36)37)13-25(23)38-2/h3,6-9,13-14,20,22,32-33H,10-12,15-16H2,1-2H3,(H,36,37)/t20-,22-/m0/s1. The Labute approximate surface area is 217 Å². The molecule has 4 rings (SSSR count). The third-order valence-corrected chi connectivity index (χ3v) is 6.40. The van der Waals surface area contributed by atoms with Crippen molar-refractivity contribution >= 4 is 28.2 Å². The lowest BCUT2D eigenvalue weighted by atomic mass is 10.0. The van der Waals surface area contributed by atoms with Crippen molar-refractivity contribution in [1.29, 1.82) is 0 Å². The molecule has 0 amide bonds. The highest BCUT2D eigenvalue weighted by Crippen LogP contribution is 2.32. The van der Waals surface area contributed by atoms with E-state index in [1.165, 1.54) is 25.3 Å². The maximum atomic E-state index is 14.6. The van der Waals surface area contributed by atoms with Crippen LogP contribution in [-0.4, -0.2) is 72.7 Å². The Balaban J connectivity index is 1.60. The van der Waals surface area contributed by atoms with E-state index in [0.717, 1.165) is 11.1 Å². The highest BCUT2D eigenvalue weighted by molar-refractivity contribution is 5.94. The first-order valence-electron chi connectivity index (χ1n) is 12.0. The van der Waals surface area contributed by atoms with Crippen LogP contribution in [0.4, 0.5) is 28.9 Å². The molecule has 0 radical (unpaired) electrons. The summed E-state index contributed by atoms with van der Waals surface area (Å²) < 4.78 is 61.3. The molecule has 2 atom stereocenters. The Morgan fingerprint density at radius 3 is 2.68 bits per heavy atom. The maximum absolute atomic E-state index is 14.6. The number of carboxylic acid groups (broad SMARTS) is 1. The minimum atomic E-state index is -4.47. The van der Waals surface area contributed by atoms with E-state index in [4.69, 9.17) is 9.84 Å². The molecule has 11 heteroatoms. The predicted octanol–water partition coefficient (Wildman–Crippen LogP) is 4.83. The van der Waals surface area contributed by atoms with E-state index < -0.39 is 30.9 Å². The smallest absolute Gasteiger partial charge is 0.406 e. The average molecular weight is 533 g/mol. The van der Waals surface area contributed by atoms with E-state index in [9.17, 15) is 22.4 Å². The van der Waals surface area contributed by atoms with E-state index in [-0.39, 0.29) is 24.3 Å². The van der Waals surface area contributed by atoms with Crippen LogP contribution in [0.3, 0.4) is 0 Å². The zero-order valence-electron chi connectivity index (χ0n) is 20.9. The number of likely N-dealkylation sites (tertiary alicyclic amines) is 1. The number of rotatable bonds is 7. The minimum absolute atomic E-state index is 0.0545. The molecule has 1 saturated heterocycles. The lowest BCUT2D eigenvalue weighted by Gasteiger charge is -2.33. The molecule has 1 fully saturated rings. The van der Waals surface area contributed by atoms with Gasteiger partial charge < -0.3 is 29.9 Å². The highest BCUT2D eigenvalue weighted by Gasteiger charge is 2.31. The predicted molar refractivity (Wildman–Crippen MR) is 138 cm³/mol. The number of carboxylic acids is 1. The summed E-state index contributed by atoms with van der Waals surface area (Å²) in [5.74, 6) is 4.85. The van der Waals surface area contributed by atoms with Gasteiger partial charge >= 0.3 is 12.1 Å². The average Bonchev–Trinajstić information content (AvgIpc) is 3.20. The molecule has 0 aliphatic carbocycles. The molecule has 1 aliphatic heterocycles. The summed E-state index contributed by atoms with van der Waals surface area (Å²) >= 11 is 0. The summed E-state index contributed by atoms with van der Waals surface area (Å²) in [6.45, 7) is -0.144. The molecule has 38 heavy (non-hydrogen) atoms. The molecule has 2 aromatic carbocycles. The Kier molecular flexibility index (Phi) is 8.02. The SMILES string of the molecule is COc1cc(C(=O)O)ccc1NCC#Cc1cc2c(N[C@H]3CCN(C)C[C@@H]3F)cccc2n1CC(F)(F)F. The normalized spacial score (nSPS) is 18.1. The fourth-order valence-corrected chi connectivity index (χ4v) is 4.53. The molecule has 0 saturated carbocycles. The number of anilines is 2. The number of aromatic carboxylic acids is 1. The summed E-state index contributed by atoms with van der Waals surface area (Å²) in [5.41, 5.74) is 1.62. The molecule has 202 valence electrons. The highest BCUT2D eigenvalue weighted by atomic mass is 19.4. The maximum Gasteiger partial charge on any atom is 0.406 e. The number of fused-ring (bicyclic) bond motifs is 1. The Morgan fingerprint density at radius 1 is 1.21 bits per heavy atom. The molecule has 2 heterocycles. The van der Waals surface area contributed by atoms with Gasteiger partial charge in [0.25, 0.3) is 0 Å². The van der Waals surface area contributed by atoms with Crippen LogP contribution in [0.5, 0.6) is 5.75 Å². The van der Waals surface area contributed by atoms with Gasteiger partial charge in [0.1, 0.15) is 18.5 Å². The first-order valence-corrected chi connectivity index (χ1v) is 12.0. The first-order chi connectivity index (χ1) is 18.1. The number of ether oxygens (including phenoxy) is 1. The van der Waals surface area contributed by atoms with Gasteiger partial charge in [-0.2, -0.15) is 13.2 Å². The monoisotopic (exact) mass is 532 g/mol. The van der Waals surface area contributed by atoms with E-state index in [1.807, 2.05) is 11.9 Å². The van der Waals surface area contributed by atoms with E-state index >= 15 is 0 Å². The molecule has 0 spiro atoms. The molecule has 1 aromatic heterocycles. The number of halogens is 4. The molecule has 0 bridgehead atoms. The summed E-state index contributed by atoms with van der Waals surface area (Å²) in [5, 5.41) is 15.9. The summed E-state index contributed by atoms with van der Waals surface area (Å²) in [7, 11) is 3.25. The fourth-order valence-electron chi connectivity index (χ4n) is 4.53. The van der Waals surface area contributed by atoms with Crippen LogP contribution in [0.25, 0.3) is 10.9 Å². The molecule has 1 aliphatic rings. The molecule has 7 nitrogen and oxygen atoms in total. The van der Waals surface area contributed by atoms with Crippen molar-refractivity contribution in [3.05, 3.63) is 53.7 Å². The van der Waals surface area contributed by atoms with Gasteiger partial charge in [0.15, 0.2) is 0 Å². The van der Waals surface area contributed by atoms with Crippen molar-refractivity contribution in [3.8, 4) is 17.6 Å². The molecule has 3 N–H and O–H groups in total. The van der Waals surface area contributed by atoms with Crippen LogP contribution in [0.2, 0.25) is 0 Å². The number of nitrogens with zero attached hydrogens (tertiary/aromatic N) is 2. The zero-order valence-corrected chi connectivity index (χ0v) is 20.9. The topological polar surface area (TPSA) is 78.8 Å². The lowest BCUT2D eigenvalue weighted by molar-refractivity contribution is -0.140. The summed E-state index contributed by atoms with van der Waals surface area (Å²) in [6, 6.07) is 10.4. The first kappa shape index (κ1) is 27.1. The second-order valence-electron chi connectivity index (χ2n) is 9.16. The van der Waals surface area contributed by atoms with Gasteiger partial charge in [-0.1, -0.05) is 12.0 Å². The Hall–Kier alpha value is -3.91. The number of methoxy groups -OCH3 is 1. The number of carbonyl (C=O) groups is 1.